The van der Waals surface area contributed by atoms with E-state index in [1.165, 1.54) is 12.1 Å². The van der Waals surface area contributed by atoms with Crippen molar-refractivity contribution in [2.45, 2.75) is 12.8 Å². The summed E-state index contributed by atoms with van der Waals surface area (Å²) < 4.78 is 0. The van der Waals surface area contributed by atoms with Crippen LogP contribution < -0.4 is 10.2 Å². The minimum absolute atomic E-state index is 0.0292. The Balaban J connectivity index is 1.56. The predicted molar refractivity (Wildman–Crippen MR) is 119 cm³/mol. The quantitative estimate of drug-likeness (QED) is 0.456. The molecule has 8 heteroatoms. The number of nitrogens with zero attached hydrogens (tertiary/aromatic N) is 2. The van der Waals surface area contributed by atoms with Crippen LogP contribution >= 0.6 is 11.6 Å². The second-order valence-corrected chi connectivity index (χ2v) is 7.55. The molecule has 1 aliphatic rings. The zero-order valence-corrected chi connectivity index (χ0v) is 17.1. The first-order chi connectivity index (χ1) is 14.9. The number of fused-ring (bicyclic) bond motifs is 1. The third-order valence-electron chi connectivity index (χ3n) is 5.13. The molecule has 0 aliphatic carbocycles. The van der Waals surface area contributed by atoms with Crippen LogP contribution in [0.25, 0.3) is 0 Å². The van der Waals surface area contributed by atoms with E-state index in [2.05, 4.69) is 5.32 Å². The van der Waals surface area contributed by atoms with E-state index in [1.807, 2.05) is 30.3 Å². The predicted octanol–water partition coefficient (Wildman–Crippen LogP) is 5.09. The molecule has 3 aromatic rings. The van der Waals surface area contributed by atoms with Crippen molar-refractivity contribution in [2.24, 2.45) is 0 Å². The van der Waals surface area contributed by atoms with E-state index >= 15 is 0 Å². The van der Waals surface area contributed by atoms with Crippen LogP contribution in [-0.2, 0) is 6.42 Å². The van der Waals surface area contributed by atoms with Crippen LogP contribution in [0, 0.1) is 10.1 Å². The van der Waals surface area contributed by atoms with Gasteiger partial charge in [-0.05, 0) is 60.9 Å². The molecule has 0 atom stereocenters. The molecule has 3 aromatic carbocycles. The second-order valence-electron chi connectivity index (χ2n) is 7.15. The molecule has 0 radical (unpaired) electrons. The van der Waals surface area contributed by atoms with Gasteiger partial charge in [-0.3, -0.25) is 19.7 Å². The number of aryl methyl sites for hydroxylation is 1. The average molecular weight is 436 g/mol. The van der Waals surface area contributed by atoms with Crippen molar-refractivity contribution in [1.29, 1.82) is 0 Å². The fraction of sp³-hybridized carbons (Fsp3) is 0.130. The van der Waals surface area contributed by atoms with E-state index < -0.39 is 10.8 Å². The molecule has 2 amide bonds. The Bertz CT molecular complexity index is 1180. The summed E-state index contributed by atoms with van der Waals surface area (Å²) >= 11 is 5.81. The highest BCUT2D eigenvalue weighted by Crippen LogP contribution is 2.31. The highest BCUT2D eigenvalue weighted by Gasteiger charge is 2.24. The average Bonchev–Trinajstić information content (AvgIpc) is 2.78. The van der Waals surface area contributed by atoms with Gasteiger partial charge in [0.25, 0.3) is 17.5 Å². The lowest BCUT2D eigenvalue weighted by atomic mass is 10.00. The Kier molecular flexibility index (Phi) is 5.68. The number of halogens is 1. The summed E-state index contributed by atoms with van der Waals surface area (Å²) in [4.78, 5) is 37.7. The van der Waals surface area contributed by atoms with Gasteiger partial charge in [-0.2, -0.15) is 0 Å². The van der Waals surface area contributed by atoms with Gasteiger partial charge in [-0.25, -0.2) is 0 Å². The van der Waals surface area contributed by atoms with Gasteiger partial charge >= 0.3 is 0 Å². The molecule has 156 valence electrons. The number of hydrogen-bond donors (Lipinski definition) is 1. The Morgan fingerprint density at radius 1 is 1.00 bits per heavy atom. The van der Waals surface area contributed by atoms with Gasteiger partial charge in [0.2, 0.25) is 0 Å². The normalized spacial score (nSPS) is 12.7. The maximum atomic E-state index is 12.9. The van der Waals surface area contributed by atoms with E-state index in [1.54, 1.807) is 23.1 Å². The number of nitro benzene ring substituents is 1. The van der Waals surface area contributed by atoms with Crippen LogP contribution in [-0.4, -0.2) is 23.3 Å². The van der Waals surface area contributed by atoms with Gasteiger partial charge in [0.15, 0.2) is 0 Å². The van der Waals surface area contributed by atoms with Crippen molar-refractivity contribution in [3.8, 4) is 0 Å². The smallest absolute Gasteiger partial charge is 0.288 e. The van der Waals surface area contributed by atoms with E-state index in [-0.39, 0.29) is 22.2 Å². The number of anilines is 2. The number of carbonyl (C=O) groups excluding carboxylic acids is 2. The van der Waals surface area contributed by atoms with Gasteiger partial charge in [0, 0.05) is 35.1 Å². The minimum atomic E-state index is -0.629. The zero-order chi connectivity index (χ0) is 22.0. The maximum Gasteiger partial charge on any atom is 0.288 e. The number of nitrogens with one attached hydrogen (secondary N) is 1. The number of benzene rings is 3. The Morgan fingerprint density at radius 3 is 2.52 bits per heavy atom. The lowest BCUT2D eigenvalue weighted by molar-refractivity contribution is -0.384. The van der Waals surface area contributed by atoms with Gasteiger partial charge in [0.1, 0.15) is 5.02 Å². The van der Waals surface area contributed by atoms with Crippen LogP contribution in [0.1, 0.15) is 32.7 Å². The second kappa shape index (κ2) is 8.57. The number of carbonyl (C=O) groups is 2. The van der Waals surface area contributed by atoms with Crippen molar-refractivity contribution in [1.82, 2.24) is 0 Å². The van der Waals surface area contributed by atoms with Crippen LogP contribution in [0.5, 0.6) is 0 Å². The first kappa shape index (κ1) is 20.6. The van der Waals surface area contributed by atoms with Crippen molar-refractivity contribution >= 4 is 40.5 Å². The maximum absolute atomic E-state index is 12.9. The molecule has 0 bridgehead atoms. The Labute approximate surface area is 183 Å². The monoisotopic (exact) mass is 435 g/mol. The molecule has 0 fully saturated rings. The summed E-state index contributed by atoms with van der Waals surface area (Å²) in [5.41, 5.74) is 2.76. The van der Waals surface area contributed by atoms with Crippen molar-refractivity contribution in [2.75, 3.05) is 16.8 Å². The fourth-order valence-electron chi connectivity index (χ4n) is 3.62. The first-order valence-electron chi connectivity index (χ1n) is 9.69. The van der Waals surface area contributed by atoms with E-state index in [4.69, 9.17) is 11.6 Å². The Hall–Kier alpha value is -3.71. The third-order valence-corrected chi connectivity index (χ3v) is 5.45. The molecule has 0 aromatic heterocycles. The summed E-state index contributed by atoms with van der Waals surface area (Å²) in [6.45, 7) is 0.626. The number of rotatable bonds is 4. The Morgan fingerprint density at radius 2 is 1.77 bits per heavy atom. The molecule has 31 heavy (non-hydrogen) atoms. The molecule has 0 saturated heterocycles. The zero-order valence-electron chi connectivity index (χ0n) is 16.4. The summed E-state index contributed by atoms with van der Waals surface area (Å²) in [5, 5.41) is 13.8. The molecular formula is C23H18ClN3O4. The molecular weight excluding hydrogens is 418 g/mol. The minimum Gasteiger partial charge on any atom is -0.322 e. The molecule has 1 heterocycles. The van der Waals surface area contributed by atoms with Gasteiger partial charge in [-0.15, -0.1) is 0 Å². The summed E-state index contributed by atoms with van der Waals surface area (Å²) in [5.74, 6) is -0.542. The summed E-state index contributed by atoms with van der Waals surface area (Å²) in [7, 11) is 0. The SMILES string of the molecule is O=C(Nc1ccc2c(c1)CCCN2C(=O)c1ccccc1)c1ccc(Cl)c([N+](=O)[O-])c1. The van der Waals surface area contributed by atoms with Gasteiger partial charge < -0.3 is 10.2 Å². The standard InChI is InChI=1S/C23H18ClN3O4/c24-19-10-8-17(14-21(19)27(30)31)22(28)25-18-9-11-20-16(13-18)7-4-12-26(20)23(29)15-5-2-1-3-6-15/h1-3,5-6,8-11,13-14H,4,7,12H2,(H,25,28). The lowest BCUT2D eigenvalue weighted by Gasteiger charge is -2.30. The van der Waals surface area contributed by atoms with E-state index in [9.17, 15) is 19.7 Å². The van der Waals surface area contributed by atoms with Crippen molar-refractivity contribution in [3.63, 3.8) is 0 Å². The van der Waals surface area contributed by atoms with Gasteiger partial charge in [0.05, 0.1) is 4.92 Å². The largest absolute Gasteiger partial charge is 0.322 e. The molecule has 7 nitrogen and oxygen atoms in total. The van der Waals surface area contributed by atoms with Crippen LogP contribution in [0.15, 0.2) is 66.7 Å². The third kappa shape index (κ3) is 4.27. The summed E-state index contributed by atoms with van der Waals surface area (Å²) in [6, 6.07) is 18.4. The molecule has 0 spiro atoms. The first-order valence-corrected chi connectivity index (χ1v) is 10.1. The molecule has 0 unspecified atom stereocenters. The molecule has 0 saturated carbocycles. The molecule has 4 rings (SSSR count). The summed E-state index contributed by atoms with van der Waals surface area (Å²) in [6.07, 6.45) is 1.59. The van der Waals surface area contributed by atoms with Crippen LogP contribution in [0.2, 0.25) is 5.02 Å². The van der Waals surface area contributed by atoms with Crippen molar-refractivity contribution < 1.29 is 14.5 Å². The van der Waals surface area contributed by atoms with E-state index in [0.717, 1.165) is 30.2 Å². The fourth-order valence-corrected chi connectivity index (χ4v) is 3.81. The van der Waals surface area contributed by atoms with E-state index in [0.29, 0.717) is 17.8 Å². The number of amides is 2. The van der Waals surface area contributed by atoms with Gasteiger partial charge in [-0.1, -0.05) is 29.8 Å². The number of nitro groups is 1. The molecule has 1 N–H and O–H groups in total. The number of hydrogen-bond acceptors (Lipinski definition) is 4. The lowest BCUT2D eigenvalue weighted by Crippen LogP contribution is -2.35. The topological polar surface area (TPSA) is 92.6 Å². The van der Waals surface area contributed by atoms with Crippen LogP contribution in [0.3, 0.4) is 0 Å². The van der Waals surface area contributed by atoms with Crippen LogP contribution in [0.4, 0.5) is 17.1 Å². The van der Waals surface area contributed by atoms with Crippen molar-refractivity contribution in [3.05, 3.63) is 98.6 Å². The highest BCUT2D eigenvalue weighted by atomic mass is 35.5. The highest BCUT2D eigenvalue weighted by molar-refractivity contribution is 6.32. The molecule has 1 aliphatic heterocycles.